The second kappa shape index (κ2) is 66.3. The van der Waals surface area contributed by atoms with Crippen LogP contribution in [0.2, 0.25) is 0 Å². The van der Waals surface area contributed by atoms with E-state index in [2.05, 4.69) is 55.4 Å². The molecule has 0 rings (SSSR count). The summed E-state index contributed by atoms with van der Waals surface area (Å²) >= 11 is 0. The first-order valence-corrected chi connectivity index (χ1v) is 42.8. The second-order valence-electron chi connectivity index (χ2n) is 29.2. The smallest absolute Gasteiger partial charge is 0.462 e. The van der Waals surface area contributed by atoms with Gasteiger partial charge in [0.25, 0.3) is 0 Å². The third-order valence-corrected chi connectivity index (χ3v) is 20.4. The van der Waals surface area contributed by atoms with Crippen LogP contribution < -0.4 is 0 Å². The molecule has 0 aliphatic carbocycles. The number of aliphatic hydroxyl groups excluding tert-OH is 1. The Labute approximate surface area is 588 Å². The molecular weight excluding hydrogens is 1260 g/mol. The molecule has 0 aromatic rings. The third-order valence-electron chi connectivity index (χ3n) is 18.5. The predicted octanol–water partition coefficient (Wildman–Crippen LogP) is 22.4. The van der Waals surface area contributed by atoms with Crippen LogP contribution in [0.25, 0.3) is 0 Å². The Morgan fingerprint density at radius 3 is 0.740 bits per heavy atom. The molecule has 0 saturated carbocycles. The molecule has 0 heterocycles. The summed E-state index contributed by atoms with van der Waals surface area (Å²) in [6.45, 7) is 14.2. The normalized spacial score (nSPS) is 14.7. The predicted molar refractivity (Wildman–Crippen MR) is 391 cm³/mol. The van der Waals surface area contributed by atoms with E-state index in [1.807, 2.05) is 0 Å². The summed E-state index contributed by atoms with van der Waals surface area (Å²) in [5, 5.41) is 10.6. The minimum Gasteiger partial charge on any atom is -0.462 e. The zero-order chi connectivity index (χ0) is 71.0. The summed E-state index contributed by atoms with van der Waals surface area (Å²) in [7, 11) is -9.91. The topological polar surface area (TPSA) is 237 Å². The SMILES string of the molecule is CCC(C)CCCCCCCCC(=O)OC[C@H](COP(=O)(O)OC[C@H](O)COP(=O)(O)OC[C@@H](COC(=O)CCCCCCCCC(C)CC)OC(=O)CCCCCCCCCCCCCCC(C)C)OC(=O)CCCCCCCCCCCCCCCCCCCCC(C)C. The molecule has 0 aliphatic heterocycles. The van der Waals surface area contributed by atoms with E-state index in [1.54, 1.807) is 0 Å². The van der Waals surface area contributed by atoms with Crippen LogP contribution in [0.5, 0.6) is 0 Å². The number of carbonyl (C=O) groups excluding carboxylic acids is 4. The van der Waals surface area contributed by atoms with Crippen molar-refractivity contribution >= 4 is 39.5 Å². The number of phosphoric acid groups is 2. The molecule has 0 bridgehead atoms. The van der Waals surface area contributed by atoms with Crippen LogP contribution in [-0.4, -0.2) is 96.7 Å². The van der Waals surface area contributed by atoms with Gasteiger partial charge in [-0.2, -0.15) is 0 Å². The first-order chi connectivity index (χ1) is 46.2. The van der Waals surface area contributed by atoms with E-state index in [1.165, 1.54) is 180 Å². The van der Waals surface area contributed by atoms with Crippen molar-refractivity contribution in [2.75, 3.05) is 39.6 Å². The Morgan fingerprint density at radius 2 is 0.500 bits per heavy atom. The first kappa shape index (κ1) is 94.1. The summed E-state index contributed by atoms with van der Waals surface area (Å²) in [5.41, 5.74) is 0. The zero-order valence-electron chi connectivity index (χ0n) is 63.0. The third kappa shape index (κ3) is 67.9. The van der Waals surface area contributed by atoms with Crippen LogP contribution in [0.4, 0.5) is 0 Å². The molecule has 3 N–H and O–H groups in total. The van der Waals surface area contributed by atoms with Crippen molar-refractivity contribution in [2.24, 2.45) is 23.7 Å². The summed E-state index contributed by atoms with van der Waals surface area (Å²) in [5.74, 6) is 0.936. The van der Waals surface area contributed by atoms with Crippen LogP contribution >= 0.6 is 15.6 Å². The Balaban J connectivity index is 5.19. The maximum atomic E-state index is 13.1. The van der Waals surface area contributed by atoms with Crippen molar-refractivity contribution < 1.29 is 80.2 Å². The van der Waals surface area contributed by atoms with Gasteiger partial charge >= 0.3 is 39.5 Å². The fourth-order valence-electron chi connectivity index (χ4n) is 11.7. The van der Waals surface area contributed by atoms with Gasteiger partial charge in [-0.05, 0) is 49.4 Å². The number of esters is 4. The Morgan fingerprint density at radius 1 is 0.292 bits per heavy atom. The fraction of sp³-hybridized carbons (Fsp3) is 0.948. The van der Waals surface area contributed by atoms with E-state index in [0.29, 0.717) is 25.7 Å². The van der Waals surface area contributed by atoms with E-state index < -0.39 is 97.5 Å². The van der Waals surface area contributed by atoms with Gasteiger partial charge in [0.2, 0.25) is 0 Å². The lowest BCUT2D eigenvalue weighted by atomic mass is 10.00. The fourth-order valence-corrected chi connectivity index (χ4v) is 13.2. The molecular formula is C77H150O17P2. The summed E-state index contributed by atoms with van der Waals surface area (Å²) < 4.78 is 68.5. The number of unbranched alkanes of at least 4 members (excludes halogenated alkanes) is 38. The molecule has 4 unspecified atom stereocenters. The van der Waals surface area contributed by atoms with Gasteiger partial charge in [-0.1, -0.05) is 338 Å². The van der Waals surface area contributed by atoms with Gasteiger partial charge in [0.15, 0.2) is 12.2 Å². The Hall–Kier alpha value is -1.94. The van der Waals surface area contributed by atoms with Gasteiger partial charge < -0.3 is 33.8 Å². The summed E-state index contributed by atoms with van der Waals surface area (Å²) in [6, 6.07) is 0. The summed E-state index contributed by atoms with van der Waals surface area (Å²) in [6.07, 6.45) is 51.5. The standard InChI is InChI=1S/C77H150O17P2/c1-9-69(7)55-47-39-33-35-41-49-57-74(79)87-63-72(93-76(81)59-51-43-31-27-23-18-16-14-12-11-13-15-17-21-25-29-37-45-53-67(3)4)65-91-95(83,84)89-61-71(78)62-90-96(85,86)92-66-73(64-88-75(80)58-50-42-36-34-40-48-56-70(8)10-2)94-77(82)60-52-44-32-28-24-20-19-22-26-30-38-46-54-68(5)6/h67-73,78H,9-66H2,1-8H3,(H,83,84)(H,85,86)/t69?,70?,71-,72+,73+/m0/s1. The van der Waals surface area contributed by atoms with E-state index in [4.69, 9.17) is 37.0 Å². The van der Waals surface area contributed by atoms with E-state index in [-0.39, 0.29) is 25.7 Å². The lowest BCUT2D eigenvalue weighted by molar-refractivity contribution is -0.161. The zero-order valence-corrected chi connectivity index (χ0v) is 64.8. The first-order valence-electron chi connectivity index (χ1n) is 39.8. The second-order valence-corrected chi connectivity index (χ2v) is 32.1. The molecule has 0 aromatic heterocycles. The van der Waals surface area contributed by atoms with Gasteiger partial charge in [-0.25, -0.2) is 9.13 Å². The lowest BCUT2D eigenvalue weighted by Gasteiger charge is -2.21. The van der Waals surface area contributed by atoms with Crippen LogP contribution in [0.3, 0.4) is 0 Å². The van der Waals surface area contributed by atoms with Crippen molar-refractivity contribution in [3.8, 4) is 0 Å². The quantitative estimate of drug-likeness (QED) is 0.0222. The molecule has 570 valence electrons. The van der Waals surface area contributed by atoms with Gasteiger partial charge in [0.1, 0.15) is 19.3 Å². The van der Waals surface area contributed by atoms with Crippen molar-refractivity contribution in [3.63, 3.8) is 0 Å². The van der Waals surface area contributed by atoms with Gasteiger partial charge in [-0.3, -0.25) is 37.3 Å². The molecule has 19 heteroatoms. The van der Waals surface area contributed by atoms with Gasteiger partial charge in [0.05, 0.1) is 26.4 Å². The van der Waals surface area contributed by atoms with E-state index >= 15 is 0 Å². The van der Waals surface area contributed by atoms with Crippen LogP contribution in [-0.2, 0) is 65.4 Å². The number of ether oxygens (including phenoxy) is 4. The molecule has 0 radical (unpaired) electrons. The molecule has 0 aromatic carbocycles. The number of rotatable bonds is 74. The highest BCUT2D eigenvalue weighted by Gasteiger charge is 2.30. The van der Waals surface area contributed by atoms with Crippen molar-refractivity contribution in [2.45, 2.75) is 408 Å². The molecule has 0 spiro atoms. The summed E-state index contributed by atoms with van der Waals surface area (Å²) in [4.78, 5) is 72.8. The van der Waals surface area contributed by atoms with E-state index in [0.717, 1.165) is 126 Å². The maximum Gasteiger partial charge on any atom is 0.472 e. The van der Waals surface area contributed by atoms with Crippen LogP contribution in [0.15, 0.2) is 0 Å². The highest BCUT2D eigenvalue weighted by Crippen LogP contribution is 2.45. The minimum atomic E-state index is -4.96. The largest absolute Gasteiger partial charge is 0.472 e. The highest BCUT2D eigenvalue weighted by atomic mass is 31.2. The molecule has 7 atom stereocenters. The van der Waals surface area contributed by atoms with Crippen molar-refractivity contribution in [1.29, 1.82) is 0 Å². The lowest BCUT2D eigenvalue weighted by Crippen LogP contribution is -2.30. The van der Waals surface area contributed by atoms with E-state index in [9.17, 15) is 43.2 Å². The molecule has 0 aliphatic rings. The van der Waals surface area contributed by atoms with Crippen LogP contribution in [0, 0.1) is 23.7 Å². The highest BCUT2D eigenvalue weighted by molar-refractivity contribution is 7.47. The molecule has 0 fully saturated rings. The monoisotopic (exact) mass is 1410 g/mol. The van der Waals surface area contributed by atoms with Crippen molar-refractivity contribution in [1.82, 2.24) is 0 Å². The number of phosphoric ester groups is 2. The average molecular weight is 1410 g/mol. The number of aliphatic hydroxyl groups is 1. The molecule has 0 amide bonds. The minimum absolute atomic E-state index is 0.105. The van der Waals surface area contributed by atoms with Crippen LogP contribution in [0.1, 0.15) is 389 Å². The number of hydrogen-bond donors (Lipinski definition) is 3. The van der Waals surface area contributed by atoms with Gasteiger partial charge in [0, 0.05) is 25.7 Å². The number of carbonyl (C=O) groups is 4. The Kier molecular flexibility index (Phi) is 65.0. The molecule has 17 nitrogen and oxygen atoms in total. The Bertz CT molecular complexity index is 1890. The molecule has 96 heavy (non-hydrogen) atoms. The van der Waals surface area contributed by atoms with Crippen molar-refractivity contribution in [3.05, 3.63) is 0 Å². The molecule has 0 saturated heterocycles. The average Bonchev–Trinajstić information content (AvgIpc) is 1.97. The number of hydrogen-bond acceptors (Lipinski definition) is 15. The van der Waals surface area contributed by atoms with Gasteiger partial charge in [-0.15, -0.1) is 0 Å². The maximum absolute atomic E-state index is 13.1.